The number of rotatable bonds is 3. The lowest BCUT2D eigenvalue weighted by molar-refractivity contribution is 0.122. The second kappa shape index (κ2) is 6.81. The summed E-state index contributed by atoms with van der Waals surface area (Å²) in [5.74, 6) is 1.98. The van der Waals surface area contributed by atoms with Gasteiger partial charge in [0.1, 0.15) is 0 Å². The SMILES string of the molecule is c1ccc2nc([C@H]3C[C@H](c4cn5ccnc(N6CCOCC6)c5n4)C3)ccc2c1. The monoisotopic (exact) mass is 385 g/mol. The molecule has 6 nitrogen and oxygen atoms in total. The molecule has 0 unspecified atom stereocenters. The predicted octanol–water partition coefficient (Wildman–Crippen LogP) is 3.78. The van der Waals surface area contributed by atoms with Crippen LogP contribution in [0.2, 0.25) is 0 Å². The number of morpholine rings is 1. The molecular formula is C23H23N5O. The van der Waals surface area contributed by atoms with Crippen LogP contribution in [0.4, 0.5) is 5.82 Å². The normalized spacial score (nSPS) is 22.1. The van der Waals surface area contributed by atoms with Crippen LogP contribution >= 0.6 is 0 Å². The highest BCUT2D eigenvalue weighted by atomic mass is 16.5. The number of aromatic nitrogens is 4. The standard InChI is InChI=1S/C23H23N5O/c1-2-4-19-16(3-1)5-6-20(25-19)17-13-18(14-17)21-15-28-8-7-24-22(23(28)26-21)27-9-11-29-12-10-27/h1-8,15,17-18H,9-14H2/t17-,18-. The van der Waals surface area contributed by atoms with Crippen molar-refractivity contribution in [3.63, 3.8) is 0 Å². The number of hydrogen-bond donors (Lipinski definition) is 0. The third-order valence-electron chi connectivity index (χ3n) is 6.28. The molecule has 29 heavy (non-hydrogen) atoms. The largest absolute Gasteiger partial charge is 0.378 e. The van der Waals surface area contributed by atoms with Gasteiger partial charge in [-0.05, 0) is 25.0 Å². The van der Waals surface area contributed by atoms with E-state index in [4.69, 9.17) is 14.7 Å². The molecular weight excluding hydrogens is 362 g/mol. The molecule has 4 heterocycles. The highest BCUT2D eigenvalue weighted by Gasteiger charge is 2.34. The minimum Gasteiger partial charge on any atom is -0.378 e. The number of nitrogens with zero attached hydrogens (tertiary/aromatic N) is 5. The minimum atomic E-state index is 0.491. The molecule has 6 rings (SSSR count). The van der Waals surface area contributed by atoms with Crippen LogP contribution in [0, 0.1) is 0 Å². The fraction of sp³-hybridized carbons (Fsp3) is 0.348. The highest BCUT2D eigenvalue weighted by Crippen LogP contribution is 2.47. The van der Waals surface area contributed by atoms with Gasteiger partial charge in [0.2, 0.25) is 0 Å². The van der Waals surface area contributed by atoms with Crippen LogP contribution in [0.1, 0.15) is 36.1 Å². The van der Waals surface area contributed by atoms with Crippen LogP contribution in [-0.4, -0.2) is 45.7 Å². The average Bonchev–Trinajstić information content (AvgIpc) is 3.17. The molecule has 0 atom stereocenters. The van der Waals surface area contributed by atoms with E-state index in [1.807, 2.05) is 12.4 Å². The maximum absolute atomic E-state index is 5.48. The number of ether oxygens (including phenoxy) is 1. The van der Waals surface area contributed by atoms with Crippen molar-refractivity contribution in [2.45, 2.75) is 24.7 Å². The molecule has 2 aliphatic rings. The Hall–Kier alpha value is -2.99. The Morgan fingerprint density at radius 1 is 0.897 bits per heavy atom. The lowest BCUT2D eigenvalue weighted by atomic mass is 9.71. The quantitative estimate of drug-likeness (QED) is 0.537. The summed E-state index contributed by atoms with van der Waals surface area (Å²) >= 11 is 0. The summed E-state index contributed by atoms with van der Waals surface area (Å²) in [6, 6.07) is 12.7. The van der Waals surface area contributed by atoms with Crippen LogP contribution in [0.15, 0.2) is 55.0 Å². The van der Waals surface area contributed by atoms with E-state index in [0.29, 0.717) is 11.8 Å². The summed E-state index contributed by atoms with van der Waals surface area (Å²) in [5.41, 5.74) is 4.42. The zero-order chi connectivity index (χ0) is 19.2. The molecule has 1 aliphatic carbocycles. The van der Waals surface area contributed by atoms with Crippen molar-refractivity contribution in [3.05, 3.63) is 66.4 Å². The number of benzene rings is 1. The van der Waals surface area contributed by atoms with Gasteiger partial charge in [-0.25, -0.2) is 9.97 Å². The first-order valence-corrected chi connectivity index (χ1v) is 10.4. The maximum Gasteiger partial charge on any atom is 0.180 e. The van der Waals surface area contributed by atoms with Gasteiger partial charge >= 0.3 is 0 Å². The molecule has 1 aromatic carbocycles. The Morgan fingerprint density at radius 2 is 1.72 bits per heavy atom. The van der Waals surface area contributed by atoms with Gasteiger partial charge in [0.05, 0.1) is 24.4 Å². The fourth-order valence-electron chi connectivity index (χ4n) is 4.53. The van der Waals surface area contributed by atoms with Gasteiger partial charge in [-0.15, -0.1) is 0 Å². The molecule has 0 spiro atoms. The van der Waals surface area contributed by atoms with Crippen LogP contribution < -0.4 is 4.90 Å². The van der Waals surface area contributed by atoms with Gasteiger partial charge in [-0.3, -0.25) is 4.98 Å². The number of anilines is 1. The smallest absolute Gasteiger partial charge is 0.180 e. The lowest BCUT2D eigenvalue weighted by Crippen LogP contribution is -2.37. The highest BCUT2D eigenvalue weighted by molar-refractivity contribution is 5.78. The summed E-state index contributed by atoms with van der Waals surface area (Å²) in [6.07, 6.45) is 8.25. The first-order valence-electron chi connectivity index (χ1n) is 10.4. The van der Waals surface area contributed by atoms with Crippen LogP contribution in [0.3, 0.4) is 0 Å². The van der Waals surface area contributed by atoms with Crippen molar-refractivity contribution in [2.75, 3.05) is 31.2 Å². The number of hydrogen-bond acceptors (Lipinski definition) is 5. The van der Waals surface area contributed by atoms with E-state index < -0.39 is 0 Å². The summed E-state index contributed by atoms with van der Waals surface area (Å²) in [4.78, 5) is 16.8. The molecule has 3 aromatic heterocycles. The zero-order valence-corrected chi connectivity index (χ0v) is 16.2. The van der Waals surface area contributed by atoms with E-state index in [0.717, 1.165) is 56.1 Å². The number of pyridine rings is 1. The Bertz CT molecular complexity index is 1170. The summed E-state index contributed by atoms with van der Waals surface area (Å²) in [6.45, 7) is 3.24. The van der Waals surface area contributed by atoms with Gasteiger partial charge in [0.15, 0.2) is 11.5 Å². The number of para-hydroxylation sites is 1. The Morgan fingerprint density at radius 3 is 2.62 bits per heavy atom. The molecule has 1 aliphatic heterocycles. The van der Waals surface area contributed by atoms with Crippen molar-refractivity contribution < 1.29 is 4.74 Å². The van der Waals surface area contributed by atoms with Gasteiger partial charge in [-0.1, -0.05) is 24.3 Å². The van der Waals surface area contributed by atoms with E-state index >= 15 is 0 Å². The third kappa shape index (κ3) is 2.95. The molecule has 6 heteroatoms. The topological polar surface area (TPSA) is 55.5 Å². The van der Waals surface area contributed by atoms with Crippen molar-refractivity contribution in [3.8, 4) is 0 Å². The van der Waals surface area contributed by atoms with Gasteiger partial charge in [-0.2, -0.15) is 0 Å². The van der Waals surface area contributed by atoms with Crippen LogP contribution in [0.5, 0.6) is 0 Å². The van der Waals surface area contributed by atoms with Crippen LogP contribution in [0.25, 0.3) is 16.6 Å². The molecule has 0 amide bonds. The second-order valence-electron chi connectivity index (χ2n) is 8.04. The summed E-state index contributed by atoms with van der Waals surface area (Å²) in [5, 5.41) is 1.20. The summed E-state index contributed by atoms with van der Waals surface area (Å²) in [7, 11) is 0. The molecule has 0 N–H and O–H groups in total. The second-order valence-corrected chi connectivity index (χ2v) is 8.04. The molecule has 2 fully saturated rings. The average molecular weight is 385 g/mol. The Labute approximate surface area is 169 Å². The van der Waals surface area contributed by atoms with E-state index in [1.165, 1.54) is 16.8 Å². The lowest BCUT2D eigenvalue weighted by Gasteiger charge is -2.34. The zero-order valence-electron chi connectivity index (χ0n) is 16.2. The van der Waals surface area contributed by atoms with Crippen LogP contribution in [-0.2, 0) is 4.74 Å². The van der Waals surface area contributed by atoms with E-state index in [9.17, 15) is 0 Å². The van der Waals surface area contributed by atoms with Gasteiger partial charge in [0, 0.05) is 54.6 Å². The van der Waals surface area contributed by atoms with Gasteiger partial charge < -0.3 is 14.0 Å². The van der Waals surface area contributed by atoms with Crippen molar-refractivity contribution in [1.29, 1.82) is 0 Å². The first kappa shape index (κ1) is 16.9. The van der Waals surface area contributed by atoms with E-state index in [2.05, 4.69) is 56.9 Å². The van der Waals surface area contributed by atoms with Crippen molar-refractivity contribution in [2.24, 2.45) is 0 Å². The first-order chi connectivity index (χ1) is 14.3. The summed E-state index contributed by atoms with van der Waals surface area (Å²) < 4.78 is 7.60. The predicted molar refractivity (Wildman–Crippen MR) is 112 cm³/mol. The molecule has 146 valence electrons. The van der Waals surface area contributed by atoms with E-state index in [1.54, 1.807) is 0 Å². The number of fused-ring (bicyclic) bond motifs is 2. The molecule has 4 aromatic rings. The molecule has 0 radical (unpaired) electrons. The molecule has 1 saturated heterocycles. The van der Waals surface area contributed by atoms with Crippen molar-refractivity contribution >= 4 is 22.4 Å². The number of imidazole rings is 1. The Kier molecular flexibility index (Phi) is 3.97. The Balaban J connectivity index is 1.24. The third-order valence-corrected chi connectivity index (χ3v) is 6.28. The van der Waals surface area contributed by atoms with Crippen molar-refractivity contribution in [1.82, 2.24) is 19.4 Å². The minimum absolute atomic E-state index is 0.491. The molecule has 0 bridgehead atoms. The van der Waals surface area contributed by atoms with Gasteiger partial charge in [0.25, 0.3) is 0 Å². The maximum atomic E-state index is 5.48. The molecule has 1 saturated carbocycles. The van der Waals surface area contributed by atoms with E-state index in [-0.39, 0.29) is 0 Å². The fourth-order valence-corrected chi connectivity index (χ4v) is 4.53.